The lowest BCUT2D eigenvalue weighted by Crippen LogP contribution is -2.38. The van der Waals surface area contributed by atoms with Gasteiger partial charge in [0.1, 0.15) is 16.9 Å². The van der Waals surface area contributed by atoms with Crippen LogP contribution in [0.15, 0.2) is 162 Å². The molecule has 0 spiro atoms. The van der Waals surface area contributed by atoms with Crippen molar-refractivity contribution in [3.63, 3.8) is 0 Å². The van der Waals surface area contributed by atoms with Crippen molar-refractivity contribution >= 4 is 28.7 Å². The summed E-state index contributed by atoms with van der Waals surface area (Å²) in [6.45, 7) is 0. The number of thiophene rings is 1. The Morgan fingerprint density at radius 3 is 1.89 bits per heavy atom. The Morgan fingerprint density at radius 1 is 0.652 bits per heavy atom. The summed E-state index contributed by atoms with van der Waals surface area (Å²) in [6.07, 6.45) is 10.3. The molecule has 0 unspecified atom stereocenters. The fourth-order valence-corrected chi connectivity index (χ4v) is 7.82. The van der Waals surface area contributed by atoms with E-state index in [0.717, 1.165) is 50.5 Å². The third-order valence-electron chi connectivity index (χ3n) is 8.39. The van der Waals surface area contributed by atoms with Gasteiger partial charge in [-0.3, -0.25) is 14.1 Å². The maximum atomic E-state index is 5.45. The van der Waals surface area contributed by atoms with E-state index >= 15 is 0 Å². The summed E-state index contributed by atoms with van der Waals surface area (Å²) in [5.74, 6) is 0. The highest BCUT2D eigenvalue weighted by Gasteiger charge is 2.40. The van der Waals surface area contributed by atoms with Gasteiger partial charge in [-0.05, 0) is 59.3 Å². The summed E-state index contributed by atoms with van der Waals surface area (Å²) in [5, 5.41) is 5.45. The van der Waals surface area contributed by atoms with Gasteiger partial charge in [-0.1, -0.05) is 97.1 Å². The highest BCUT2D eigenvalue weighted by Crippen LogP contribution is 2.43. The van der Waals surface area contributed by atoms with Crippen molar-refractivity contribution in [2.45, 2.75) is 9.75 Å². The van der Waals surface area contributed by atoms with Crippen LogP contribution >= 0.6 is 23.1 Å². The van der Waals surface area contributed by atoms with Crippen LogP contribution < -0.4 is 0 Å². The molecule has 0 aliphatic carbocycles. The molecule has 5 heterocycles. The first-order valence-corrected chi connectivity index (χ1v) is 17.1. The molecule has 0 N–H and O–H groups in total. The van der Waals surface area contributed by atoms with Gasteiger partial charge in [0.05, 0.1) is 26.7 Å². The number of fused-ring (bicyclic) bond motifs is 1. The standard InChI is InChI=1S/C39H29N5S2/c1-45-37-23-21-35(46-37)34-25-41-36-22-20-28(26-43(34)36)32-27-44(42-38(32)33-19-11-12-24-40-33)39(29-13-5-2-6-14-29,30-15-7-3-8-16-30)31-17-9-4-10-18-31/h2-27H,1H3. The normalized spacial score (nSPS) is 11.7. The SMILES string of the molecule is CSc1ccc(-c2cnc3ccc(-c4cn(C(c5ccccc5)(c5ccccc5)c5ccccc5)nc4-c4ccccn4)cn23)s1. The smallest absolute Gasteiger partial charge is 0.138 e. The second-order valence-corrected chi connectivity index (χ2v) is 13.2. The molecule has 8 aromatic rings. The summed E-state index contributed by atoms with van der Waals surface area (Å²) in [7, 11) is 0. The molecule has 0 radical (unpaired) electrons. The number of pyridine rings is 2. The largest absolute Gasteiger partial charge is 0.298 e. The highest BCUT2D eigenvalue weighted by atomic mass is 32.2. The first kappa shape index (κ1) is 28.2. The van der Waals surface area contributed by atoms with Crippen LogP contribution in [0.25, 0.3) is 38.7 Å². The van der Waals surface area contributed by atoms with Crippen molar-refractivity contribution in [3.05, 3.63) is 175 Å². The summed E-state index contributed by atoms with van der Waals surface area (Å²) in [5.41, 5.74) is 8.21. The molecule has 222 valence electrons. The number of nitrogens with zero attached hydrogens (tertiary/aromatic N) is 5. The molecular formula is C39H29N5S2. The monoisotopic (exact) mass is 631 g/mol. The van der Waals surface area contributed by atoms with Gasteiger partial charge in [0.2, 0.25) is 0 Å². The van der Waals surface area contributed by atoms with Crippen molar-refractivity contribution < 1.29 is 0 Å². The number of hydrogen-bond acceptors (Lipinski definition) is 5. The lowest BCUT2D eigenvalue weighted by Gasteiger charge is -2.36. The minimum absolute atomic E-state index is 0.749. The Bertz CT molecular complexity index is 2140. The van der Waals surface area contributed by atoms with Gasteiger partial charge in [0, 0.05) is 29.7 Å². The van der Waals surface area contributed by atoms with E-state index < -0.39 is 5.54 Å². The predicted octanol–water partition coefficient (Wildman–Crippen LogP) is 9.55. The zero-order valence-corrected chi connectivity index (χ0v) is 26.7. The van der Waals surface area contributed by atoms with Crippen LogP contribution in [0.1, 0.15) is 16.7 Å². The van der Waals surface area contributed by atoms with Crippen LogP contribution in [0.3, 0.4) is 0 Å². The van der Waals surface area contributed by atoms with Crippen LogP contribution in [0.4, 0.5) is 0 Å². The van der Waals surface area contributed by atoms with Gasteiger partial charge in [-0.2, -0.15) is 5.10 Å². The highest BCUT2D eigenvalue weighted by molar-refractivity contribution is 8.00. The topological polar surface area (TPSA) is 48.0 Å². The molecule has 0 amide bonds. The number of benzene rings is 3. The molecule has 0 saturated carbocycles. The predicted molar refractivity (Wildman–Crippen MR) is 189 cm³/mol. The van der Waals surface area contributed by atoms with Crippen molar-refractivity contribution in [2.75, 3.05) is 6.26 Å². The van der Waals surface area contributed by atoms with Gasteiger partial charge in [0.25, 0.3) is 0 Å². The number of aromatic nitrogens is 5. The Balaban J connectivity index is 1.41. The van der Waals surface area contributed by atoms with E-state index in [9.17, 15) is 0 Å². The Kier molecular flexibility index (Phi) is 7.33. The average molecular weight is 632 g/mol. The minimum Gasteiger partial charge on any atom is -0.298 e. The summed E-state index contributed by atoms with van der Waals surface area (Å²) in [4.78, 5) is 10.7. The lowest BCUT2D eigenvalue weighted by molar-refractivity contribution is 0.461. The van der Waals surface area contributed by atoms with Crippen LogP contribution in [-0.2, 0) is 5.54 Å². The van der Waals surface area contributed by atoms with Crippen molar-refractivity contribution in [2.24, 2.45) is 0 Å². The Labute approximate surface area is 275 Å². The van der Waals surface area contributed by atoms with Gasteiger partial charge >= 0.3 is 0 Å². The van der Waals surface area contributed by atoms with Crippen molar-refractivity contribution in [1.29, 1.82) is 0 Å². The number of imidazole rings is 1. The van der Waals surface area contributed by atoms with Crippen LogP contribution in [-0.4, -0.2) is 30.4 Å². The van der Waals surface area contributed by atoms with E-state index in [-0.39, 0.29) is 0 Å². The second-order valence-electron chi connectivity index (χ2n) is 11.0. The molecule has 0 aliphatic rings. The van der Waals surface area contributed by atoms with Gasteiger partial charge < -0.3 is 0 Å². The zero-order chi connectivity index (χ0) is 30.9. The zero-order valence-electron chi connectivity index (χ0n) is 25.1. The number of hydrogen-bond donors (Lipinski definition) is 0. The lowest BCUT2D eigenvalue weighted by atomic mass is 9.77. The molecule has 0 aliphatic heterocycles. The summed E-state index contributed by atoms with van der Waals surface area (Å²) >= 11 is 3.55. The second kappa shape index (κ2) is 11.9. The molecule has 46 heavy (non-hydrogen) atoms. The van der Waals surface area contributed by atoms with E-state index in [1.54, 1.807) is 23.1 Å². The molecule has 0 bridgehead atoms. The summed E-state index contributed by atoms with van der Waals surface area (Å²) < 4.78 is 5.60. The molecule has 0 atom stereocenters. The van der Waals surface area contributed by atoms with Crippen molar-refractivity contribution in [3.8, 4) is 33.1 Å². The summed E-state index contributed by atoms with van der Waals surface area (Å²) in [6, 6.07) is 46.5. The van der Waals surface area contributed by atoms with Crippen molar-refractivity contribution in [1.82, 2.24) is 24.1 Å². The molecule has 5 nitrogen and oxygen atoms in total. The van der Waals surface area contributed by atoms with E-state index in [1.807, 2.05) is 30.6 Å². The minimum atomic E-state index is -0.749. The Morgan fingerprint density at radius 2 is 1.30 bits per heavy atom. The molecular weight excluding hydrogens is 603 g/mol. The number of rotatable bonds is 8. The third-order valence-corrected chi connectivity index (χ3v) is 10.6. The molecule has 3 aromatic carbocycles. The average Bonchev–Trinajstić information content (AvgIpc) is 3.89. The number of thioether (sulfide) groups is 1. The fraction of sp³-hybridized carbons (Fsp3) is 0.0513. The first-order valence-electron chi connectivity index (χ1n) is 15.1. The van der Waals surface area contributed by atoms with Crippen LogP contribution in [0.2, 0.25) is 0 Å². The molecule has 0 fully saturated rings. The van der Waals surface area contributed by atoms with Gasteiger partial charge in [0.15, 0.2) is 0 Å². The van der Waals surface area contributed by atoms with Gasteiger partial charge in [-0.25, -0.2) is 4.98 Å². The molecule has 0 saturated heterocycles. The molecule has 8 rings (SSSR count). The maximum Gasteiger partial charge on any atom is 0.138 e. The van der Waals surface area contributed by atoms with E-state index in [0.29, 0.717) is 0 Å². The third kappa shape index (κ3) is 4.76. The quantitative estimate of drug-likeness (QED) is 0.124. The first-order chi connectivity index (χ1) is 22.8. The molecule has 5 aromatic heterocycles. The van der Waals surface area contributed by atoms with Crippen LogP contribution in [0.5, 0.6) is 0 Å². The van der Waals surface area contributed by atoms with E-state index in [2.05, 4.69) is 143 Å². The van der Waals surface area contributed by atoms with Gasteiger partial charge in [-0.15, -0.1) is 23.1 Å². The van der Waals surface area contributed by atoms with E-state index in [4.69, 9.17) is 15.1 Å². The molecule has 7 heteroatoms. The maximum absolute atomic E-state index is 5.45. The Hall–Kier alpha value is -5.24. The fourth-order valence-electron chi connectivity index (χ4n) is 6.27. The van der Waals surface area contributed by atoms with E-state index in [1.165, 1.54) is 9.09 Å². The van der Waals surface area contributed by atoms with Crippen LogP contribution in [0, 0.1) is 0 Å².